The molecule has 3 N–H and O–H groups in total. The molecule has 0 fully saturated rings. The SMILES string of the molecule is Cc1ncc(CN=C(N)Nc2cccc(C(C)C)c2)o1. The number of aryl methyl sites for hydroxylation is 1. The second kappa shape index (κ2) is 6.23. The van der Waals surface area contributed by atoms with Gasteiger partial charge in [0.05, 0.1) is 6.20 Å². The molecule has 0 atom stereocenters. The third kappa shape index (κ3) is 3.85. The van der Waals surface area contributed by atoms with Gasteiger partial charge >= 0.3 is 0 Å². The first-order valence-corrected chi connectivity index (χ1v) is 6.63. The number of aliphatic imine (C=N–C) groups is 1. The fourth-order valence-corrected chi connectivity index (χ4v) is 1.80. The molecule has 0 aliphatic rings. The van der Waals surface area contributed by atoms with E-state index in [1.54, 1.807) is 13.1 Å². The van der Waals surface area contributed by atoms with Crippen LogP contribution in [0.5, 0.6) is 0 Å². The molecular formula is C15H20N4O. The highest BCUT2D eigenvalue weighted by molar-refractivity contribution is 5.92. The van der Waals surface area contributed by atoms with Crippen molar-refractivity contribution in [3.63, 3.8) is 0 Å². The van der Waals surface area contributed by atoms with E-state index in [0.29, 0.717) is 30.1 Å². The number of rotatable bonds is 4. The van der Waals surface area contributed by atoms with Gasteiger partial charge < -0.3 is 15.5 Å². The summed E-state index contributed by atoms with van der Waals surface area (Å²) in [5.41, 5.74) is 8.06. The van der Waals surface area contributed by atoms with Crippen LogP contribution in [0.15, 0.2) is 39.9 Å². The standard InChI is InChI=1S/C15H20N4O/c1-10(2)12-5-4-6-13(7-12)19-15(16)18-9-14-8-17-11(3)20-14/h4-8,10H,9H2,1-3H3,(H3,16,18,19). The Hall–Kier alpha value is -2.30. The number of nitrogens with one attached hydrogen (secondary N) is 1. The van der Waals surface area contributed by atoms with Crippen LogP contribution in [0.2, 0.25) is 0 Å². The third-order valence-corrected chi connectivity index (χ3v) is 2.90. The normalized spacial score (nSPS) is 11.9. The molecule has 0 aliphatic heterocycles. The fourth-order valence-electron chi connectivity index (χ4n) is 1.80. The molecule has 0 saturated heterocycles. The Morgan fingerprint density at radius 1 is 1.45 bits per heavy atom. The molecule has 1 heterocycles. The maximum Gasteiger partial charge on any atom is 0.193 e. The van der Waals surface area contributed by atoms with E-state index in [2.05, 4.69) is 41.3 Å². The Balaban J connectivity index is 2.00. The summed E-state index contributed by atoms with van der Waals surface area (Å²) in [5.74, 6) is 2.17. The number of oxazole rings is 1. The van der Waals surface area contributed by atoms with Crippen molar-refractivity contribution in [2.75, 3.05) is 5.32 Å². The molecule has 0 spiro atoms. The molecule has 106 valence electrons. The summed E-state index contributed by atoms with van der Waals surface area (Å²) in [7, 11) is 0. The zero-order valence-electron chi connectivity index (χ0n) is 12.1. The predicted octanol–water partition coefficient (Wildman–Crippen LogP) is 3.03. The third-order valence-electron chi connectivity index (χ3n) is 2.90. The van der Waals surface area contributed by atoms with Crippen LogP contribution in [0.3, 0.4) is 0 Å². The lowest BCUT2D eigenvalue weighted by molar-refractivity contribution is 0.477. The number of hydrogen-bond donors (Lipinski definition) is 2. The van der Waals surface area contributed by atoms with Gasteiger partial charge in [-0.1, -0.05) is 26.0 Å². The smallest absolute Gasteiger partial charge is 0.193 e. The molecule has 0 bridgehead atoms. The summed E-state index contributed by atoms with van der Waals surface area (Å²) in [6, 6.07) is 8.14. The number of nitrogens with zero attached hydrogens (tertiary/aromatic N) is 2. The Labute approximate surface area is 118 Å². The second-order valence-electron chi connectivity index (χ2n) is 4.95. The van der Waals surface area contributed by atoms with E-state index >= 15 is 0 Å². The minimum Gasteiger partial charge on any atom is -0.444 e. The lowest BCUT2D eigenvalue weighted by Crippen LogP contribution is -2.22. The average molecular weight is 272 g/mol. The van der Waals surface area contributed by atoms with E-state index in [1.165, 1.54) is 5.56 Å². The van der Waals surface area contributed by atoms with Gasteiger partial charge in [0.15, 0.2) is 11.9 Å². The van der Waals surface area contributed by atoms with Gasteiger partial charge in [0, 0.05) is 12.6 Å². The molecule has 2 rings (SSSR count). The van der Waals surface area contributed by atoms with Crippen molar-refractivity contribution in [1.82, 2.24) is 4.98 Å². The first-order valence-electron chi connectivity index (χ1n) is 6.63. The van der Waals surface area contributed by atoms with E-state index in [-0.39, 0.29) is 0 Å². The van der Waals surface area contributed by atoms with Gasteiger partial charge in [-0.25, -0.2) is 9.98 Å². The van der Waals surface area contributed by atoms with E-state index in [1.807, 2.05) is 12.1 Å². The Morgan fingerprint density at radius 3 is 2.90 bits per heavy atom. The fraction of sp³-hybridized carbons (Fsp3) is 0.333. The van der Waals surface area contributed by atoms with Gasteiger partial charge in [0.1, 0.15) is 12.3 Å². The Morgan fingerprint density at radius 2 is 2.25 bits per heavy atom. The molecule has 20 heavy (non-hydrogen) atoms. The van der Waals surface area contributed by atoms with Crippen LogP contribution in [0.1, 0.15) is 37.0 Å². The molecule has 0 aliphatic carbocycles. The predicted molar refractivity (Wildman–Crippen MR) is 80.7 cm³/mol. The zero-order chi connectivity index (χ0) is 14.5. The molecular weight excluding hydrogens is 252 g/mol. The monoisotopic (exact) mass is 272 g/mol. The maximum absolute atomic E-state index is 5.86. The van der Waals surface area contributed by atoms with E-state index < -0.39 is 0 Å². The first-order chi connectivity index (χ1) is 9.54. The van der Waals surface area contributed by atoms with Crippen LogP contribution in [-0.2, 0) is 6.54 Å². The van der Waals surface area contributed by atoms with Crippen molar-refractivity contribution < 1.29 is 4.42 Å². The molecule has 1 aromatic carbocycles. The minimum absolute atomic E-state index is 0.361. The largest absolute Gasteiger partial charge is 0.444 e. The highest BCUT2D eigenvalue weighted by atomic mass is 16.4. The molecule has 2 aromatic rings. The molecule has 1 aromatic heterocycles. The van der Waals surface area contributed by atoms with Gasteiger partial charge in [-0.2, -0.15) is 0 Å². The summed E-state index contributed by atoms with van der Waals surface area (Å²) in [6.45, 7) is 6.49. The van der Waals surface area contributed by atoms with Gasteiger partial charge in [0.2, 0.25) is 0 Å². The van der Waals surface area contributed by atoms with Crippen LogP contribution in [0.4, 0.5) is 5.69 Å². The van der Waals surface area contributed by atoms with E-state index in [4.69, 9.17) is 10.2 Å². The summed E-state index contributed by atoms with van der Waals surface area (Å²) >= 11 is 0. The number of aromatic nitrogens is 1. The highest BCUT2D eigenvalue weighted by Gasteiger charge is 2.02. The number of nitrogens with two attached hydrogens (primary N) is 1. The first kappa shape index (κ1) is 14.1. The number of hydrogen-bond acceptors (Lipinski definition) is 3. The second-order valence-corrected chi connectivity index (χ2v) is 4.95. The van der Waals surface area contributed by atoms with E-state index in [9.17, 15) is 0 Å². The van der Waals surface area contributed by atoms with Crippen molar-refractivity contribution in [2.45, 2.75) is 33.2 Å². The van der Waals surface area contributed by atoms with Gasteiger partial charge in [-0.15, -0.1) is 0 Å². The summed E-state index contributed by atoms with van der Waals surface area (Å²) in [5, 5.41) is 3.08. The Bertz CT molecular complexity index is 601. The van der Waals surface area contributed by atoms with Crippen molar-refractivity contribution in [3.05, 3.63) is 47.7 Å². The van der Waals surface area contributed by atoms with Crippen LogP contribution in [-0.4, -0.2) is 10.9 Å². The average Bonchev–Trinajstić information content (AvgIpc) is 2.82. The quantitative estimate of drug-likeness (QED) is 0.662. The topological polar surface area (TPSA) is 76.4 Å². The van der Waals surface area contributed by atoms with Gasteiger partial charge in [-0.3, -0.25) is 0 Å². The number of guanidine groups is 1. The summed E-state index contributed by atoms with van der Waals surface area (Å²) < 4.78 is 5.33. The highest BCUT2D eigenvalue weighted by Crippen LogP contribution is 2.18. The van der Waals surface area contributed by atoms with Gasteiger partial charge in [0.25, 0.3) is 0 Å². The van der Waals surface area contributed by atoms with Crippen LogP contribution in [0.25, 0.3) is 0 Å². The molecule has 0 radical (unpaired) electrons. The lowest BCUT2D eigenvalue weighted by atomic mass is 10.0. The molecule has 0 amide bonds. The van der Waals surface area contributed by atoms with Crippen molar-refractivity contribution in [2.24, 2.45) is 10.7 Å². The van der Waals surface area contributed by atoms with Crippen molar-refractivity contribution in [3.8, 4) is 0 Å². The summed E-state index contributed by atoms with van der Waals surface area (Å²) in [4.78, 5) is 8.24. The Kier molecular flexibility index (Phi) is 4.40. The molecule has 0 saturated carbocycles. The van der Waals surface area contributed by atoms with Crippen LogP contribution < -0.4 is 11.1 Å². The van der Waals surface area contributed by atoms with Crippen molar-refractivity contribution in [1.29, 1.82) is 0 Å². The van der Waals surface area contributed by atoms with Gasteiger partial charge in [-0.05, 0) is 23.6 Å². The van der Waals surface area contributed by atoms with Crippen LogP contribution in [0, 0.1) is 6.92 Å². The molecule has 5 heteroatoms. The maximum atomic E-state index is 5.86. The molecule has 0 unspecified atom stereocenters. The zero-order valence-corrected chi connectivity index (χ0v) is 12.1. The number of anilines is 1. The lowest BCUT2D eigenvalue weighted by Gasteiger charge is -2.09. The summed E-state index contributed by atoms with van der Waals surface area (Å²) in [6.07, 6.45) is 1.66. The minimum atomic E-state index is 0.361. The van der Waals surface area contributed by atoms with E-state index in [0.717, 1.165) is 5.69 Å². The number of benzene rings is 1. The molecule has 5 nitrogen and oxygen atoms in total. The van der Waals surface area contributed by atoms with Crippen LogP contribution >= 0.6 is 0 Å². The van der Waals surface area contributed by atoms with Crippen molar-refractivity contribution >= 4 is 11.6 Å².